The first-order valence-electron chi connectivity index (χ1n) is 8.61. The SMILES string of the molecule is CC(C)(C)C(CCN)CCC(=O)N(Cc1ccccc1)CC(F)(F)F. The van der Waals surface area contributed by atoms with Crippen LogP contribution in [0.4, 0.5) is 13.2 Å². The fraction of sp³-hybridized carbons (Fsp3) is 0.632. The molecule has 0 aliphatic heterocycles. The highest BCUT2D eigenvalue weighted by Gasteiger charge is 2.33. The van der Waals surface area contributed by atoms with Crippen LogP contribution < -0.4 is 5.73 Å². The van der Waals surface area contributed by atoms with Gasteiger partial charge in [-0.15, -0.1) is 0 Å². The third-order valence-corrected chi connectivity index (χ3v) is 4.39. The minimum Gasteiger partial charge on any atom is -0.330 e. The van der Waals surface area contributed by atoms with Crippen molar-refractivity contribution in [2.45, 2.75) is 52.8 Å². The van der Waals surface area contributed by atoms with Crippen molar-refractivity contribution in [2.75, 3.05) is 13.1 Å². The Balaban J connectivity index is 2.78. The standard InChI is InChI=1S/C19H29F3N2O/c1-18(2,3)16(11-12-23)9-10-17(25)24(14-19(20,21)22)13-15-7-5-4-6-8-15/h4-8,16H,9-14,23H2,1-3H3. The number of nitrogens with zero attached hydrogens (tertiary/aromatic N) is 1. The first kappa shape index (κ1) is 21.5. The molecule has 0 saturated heterocycles. The van der Waals surface area contributed by atoms with Crippen molar-refractivity contribution in [3.63, 3.8) is 0 Å². The van der Waals surface area contributed by atoms with Crippen LogP contribution in [0, 0.1) is 11.3 Å². The van der Waals surface area contributed by atoms with E-state index < -0.39 is 18.6 Å². The van der Waals surface area contributed by atoms with Gasteiger partial charge >= 0.3 is 6.18 Å². The molecule has 1 aromatic carbocycles. The van der Waals surface area contributed by atoms with E-state index in [-0.39, 0.29) is 24.3 Å². The van der Waals surface area contributed by atoms with Gasteiger partial charge in [0, 0.05) is 13.0 Å². The molecule has 1 amide bonds. The number of carbonyl (C=O) groups is 1. The van der Waals surface area contributed by atoms with Gasteiger partial charge in [0.05, 0.1) is 0 Å². The van der Waals surface area contributed by atoms with Gasteiger partial charge in [-0.3, -0.25) is 4.79 Å². The van der Waals surface area contributed by atoms with E-state index in [0.29, 0.717) is 18.5 Å². The van der Waals surface area contributed by atoms with Crippen LogP contribution in [-0.2, 0) is 11.3 Å². The van der Waals surface area contributed by atoms with Crippen LogP contribution in [0.5, 0.6) is 0 Å². The van der Waals surface area contributed by atoms with Gasteiger partial charge in [-0.25, -0.2) is 0 Å². The first-order chi connectivity index (χ1) is 11.5. The van der Waals surface area contributed by atoms with Gasteiger partial charge in [-0.1, -0.05) is 51.1 Å². The van der Waals surface area contributed by atoms with Crippen LogP contribution in [0.15, 0.2) is 30.3 Å². The summed E-state index contributed by atoms with van der Waals surface area (Å²) in [5.74, 6) is -0.265. The molecule has 0 bridgehead atoms. The summed E-state index contributed by atoms with van der Waals surface area (Å²) in [5.41, 5.74) is 6.29. The van der Waals surface area contributed by atoms with Crippen LogP contribution >= 0.6 is 0 Å². The fourth-order valence-electron chi connectivity index (χ4n) is 2.92. The van der Waals surface area contributed by atoms with Crippen molar-refractivity contribution >= 4 is 5.91 Å². The van der Waals surface area contributed by atoms with E-state index in [1.54, 1.807) is 30.3 Å². The Labute approximate surface area is 148 Å². The van der Waals surface area contributed by atoms with Crippen molar-refractivity contribution in [1.29, 1.82) is 0 Å². The molecule has 1 atom stereocenters. The molecule has 0 fully saturated rings. The summed E-state index contributed by atoms with van der Waals surface area (Å²) in [7, 11) is 0. The molecule has 0 aromatic heterocycles. The topological polar surface area (TPSA) is 46.3 Å². The number of benzene rings is 1. The Morgan fingerprint density at radius 2 is 1.72 bits per heavy atom. The second kappa shape index (κ2) is 9.22. The zero-order valence-electron chi connectivity index (χ0n) is 15.3. The van der Waals surface area contributed by atoms with E-state index in [4.69, 9.17) is 5.73 Å². The monoisotopic (exact) mass is 358 g/mol. The summed E-state index contributed by atoms with van der Waals surface area (Å²) in [6.45, 7) is 5.44. The summed E-state index contributed by atoms with van der Waals surface area (Å²) in [5, 5.41) is 0. The van der Waals surface area contributed by atoms with E-state index in [1.165, 1.54) is 0 Å². The molecule has 3 nitrogen and oxygen atoms in total. The molecular formula is C19H29F3N2O. The third kappa shape index (κ3) is 8.38. The predicted molar refractivity (Wildman–Crippen MR) is 93.8 cm³/mol. The lowest BCUT2D eigenvalue weighted by atomic mass is 9.76. The number of hydrogen-bond donors (Lipinski definition) is 1. The highest BCUT2D eigenvalue weighted by atomic mass is 19.4. The summed E-state index contributed by atoms with van der Waals surface area (Å²) < 4.78 is 38.6. The van der Waals surface area contributed by atoms with Crippen molar-refractivity contribution in [3.05, 3.63) is 35.9 Å². The van der Waals surface area contributed by atoms with Crippen LogP contribution in [0.1, 0.15) is 45.6 Å². The quantitative estimate of drug-likeness (QED) is 0.750. The van der Waals surface area contributed by atoms with Gasteiger partial charge < -0.3 is 10.6 Å². The number of nitrogens with two attached hydrogens (primary N) is 1. The summed E-state index contributed by atoms with van der Waals surface area (Å²) in [6.07, 6.45) is -3.01. The van der Waals surface area contributed by atoms with E-state index in [2.05, 4.69) is 20.8 Å². The minimum absolute atomic E-state index is 0.0315. The predicted octanol–water partition coefficient (Wildman–Crippen LogP) is 4.37. The van der Waals surface area contributed by atoms with Crippen molar-refractivity contribution in [2.24, 2.45) is 17.1 Å². The molecule has 2 N–H and O–H groups in total. The number of hydrogen-bond acceptors (Lipinski definition) is 2. The zero-order valence-corrected chi connectivity index (χ0v) is 15.3. The Bertz CT molecular complexity index is 524. The van der Waals surface area contributed by atoms with Crippen LogP contribution in [0.3, 0.4) is 0 Å². The second-order valence-electron chi connectivity index (χ2n) is 7.53. The normalized spacial score (nSPS) is 13.6. The maximum Gasteiger partial charge on any atom is 0.406 e. The summed E-state index contributed by atoms with van der Waals surface area (Å²) >= 11 is 0. The lowest BCUT2D eigenvalue weighted by Gasteiger charge is -2.31. The van der Waals surface area contributed by atoms with Gasteiger partial charge in [0.25, 0.3) is 0 Å². The van der Waals surface area contributed by atoms with Gasteiger partial charge in [-0.05, 0) is 36.3 Å². The molecule has 1 aromatic rings. The molecule has 0 radical (unpaired) electrons. The highest BCUT2D eigenvalue weighted by molar-refractivity contribution is 5.76. The Hall–Kier alpha value is -1.56. The van der Waals surface area contributed by atoms with E-state index in [1.807, 2.05) is 0 Å². The van der Waals surface area contributed by atoms with Crippen LogP contribution in [-0.4, -0.2) is 30.1 Å². The molecule has 0 aliphatic rings. The molecule has 1 rings (SSSR count). The van der Waals surface area contributed by atoms with Gasteiger partial charge in [0.15, 0.2) is 0 Å². The third-order valence-electron chi connectivity index (χ3n) is 4.39. The van der Waals surface area contributed by atoms with Crippen LogP contribution in [0.25, 0.3) is 0 Å². The van der Waals surface area contributed by atoms with Crippen molar-refractivity contribution in [3.8, 4) is 0 Å². The average molecular weight is 358 g/mol. The Morgan fingerprint density at radius 3 is 2.20 bits per heavy atom. The Morgan fingerprint density at radius 1 is 1.12 bits per heavy atom. The molecule has 0 spiro atoms. The Kier molecular flexibility index (Phi) is 7.93. The van der Waals surface area contributed by atoms with Gasteiger partial charge in [0.2, 0.25) is 5.91 Å². The molecule has 0 aliphatic carbocycles. The second-order valence-corrected chi connectivity index (χ2v) is 7.53. The highest BCUT2D eigenvalue weighted by Crippen LogP contribution is 2.32. The zero-order chi connectivity index (χ0) is 19.1. The van der Waals surface area contributed by atoms with E-state index >= 15 is 0 Å². The number of rotatable bonds is 8. The largest absolute Gasteiger partial charge is 0.406 e. The lowest BCUT2D eigenvalue weighted by Crippen LogP contribution is -2.39. The minimum atomic E-state index is -4.41. The molecule has 1 unspecified atom stereocenters. The molecule has 6 heteroatoms. The van der Waals surface area contributed by atoms with Crippen LogP contribution in [0.2, 0.25) is 0 Å². The first-order valence-corrected chi connectivity index (χ1v) is 8.61. The number of alkyl halides is 3. The average Bonchev–Trinajstić information content (AvgIpc) is 2.49. The smallest absolute Gasteiger partial charge is 0.330 e. The molecule has 0 saturated carbocycles. The fourth-order valence-corrected chi connectivity index (χ4v) is 2.92. The van der Waals surface area contributed by atoms with Gasteiger partial charge in [-0.2, -0.15) is 13.2 Å². The van der Waals surface area contributed by atoms with Crippen molar-refractivity contribution < 1.29 is 18.0 Å². The number of halogens is 3. The molecular weight excluding hydrogens is 329 g/mol. The van der Waals surface area contributed by atoms with E-state index in [0.717, 1.165) is 11.3 Å². The summed E-state index contributed by atoms with van der Waals surface area (Å²) in [4.78, 5) is 13.4. The number of amides is 1. The lowest BCUT2D eigenvalue weighted by molar-refractivity contribution is -0.162. The van der Waals surface area contributed by atoms with E-state index in [9.17, 15) is 18.0 Å². The summed E-state index contributed by atoms with van der Waals surface area (Å²) in [6, 6.07) is 8.75. The molecule has 25 heavy (non-hydrogen) atoms. The maximum atomic E-state index is 12.9. The van der Waals surface area contributed by atoms with Crippen molar-refractivity contribution in [1.82, 2.24) is 4.90 Å². The molecule has 142 valence electrons. The van der Waals surface area contributed by atoms with Gasteiger partial charge in [0.1, 0.15) is 6.54 Å². The maximum absolute atomic E-state index is 12.9. The molecule has 0 heterocycles. The number of carbonyl (C=O) groups excluding carboxylic acids is 1.